The number of amides is 2. The SMILES string of the molecule is CN1CCC(=O)N2Cc3[nH]c4ccccc4c3C[C@H]2C1=O. The molecule has 108 valence electrons. The molecule has 0 aliphatic carbocycles. The van der Waals surface area contributed by atoms with Gasteiger partial charge in [0, 0.05) is 43.0 Å². The second-order valence-electron chi connectivity index (χ2n) is 5.88. The van der Waals surface area contributed by atoms with Gasteiger partial charge in [-0.25, -0.2) is 0 Å². The minimum absolute atomic E-state index is 0.0526. The third-order valence-electron chi connectivity index (χ3n) is 4.65. The van der Waals surface area contributed by atoms with Gasteiger partial charge < -0.3 is 14.8 Å². The summed E-state index contributed by atoms with van der Waals surface area (Å²) in [7, 11) is 1.78. The number of rotatable bonds is 0. The van der Waals surface area contributed by atoms with Crippen molar-refractivity contribution in [2.45, 2.75) is 25.4 Å². The fourth-order valence-corrected chi connectivity index (χ4v) is 3.46. The van der Waals surface area contributed by atoms with Crippen molar-refractivity contribution in [3.63, 3.8) is 0 Å². The van der Waals surface area contributed by atoms with Crippen LogP contribution < -0.4 is 0 Å². The van der Waals surface area contributed by atoms with Crippen LogP contribution in [0.1, 0.15) is 17.7 Å². The number of H-pyrrole nitrogens is 1. The summed E-state index contributed by atoms with van der Waals surface area (Å²) in [5, 5.41) is 1.17. The van der Waals surface area contributed by atoms with Gasteiger partial charge in [-0.15, -0.1) is 0 Å². The third kappa shape index (κ3) is 1.77. The highest BCUT2D eigenvalue weighted by atomic mass is 16.2. The zero-order chi connectivity index (χ0) is 14.6. The van der Waals surface area contributed by atoms with E-state index >= 15 is 0 Å². The lowest BCUT2D eigenvalue weighted by Gasteiger charge is -2.33. The molecule has 1 saturated heterocycles. The second-order valence-corrected chi connectivity index (χ2v) is 5.88. The molecule has 1 aromatic carbocycles. The molecule has 1 N–H and O–H groups in total. The monoisotopic (exact) mass is 283 g/mol. The summed E-state index contributed by atoms with van der Waals surface area (Å²) in [5.74, 6) is 0.124. The Morgan fingerprint density at radius 1 is 1.24 bits per heavy atom. The molecule has 1 atom stereocenters. The predicted molar refractivity (Wildman–Crippen MR) is 78.6 cm³/mol. The van der Waals surface area contributed by atoms with E-state index in [1.54, 1.807) is 16.8 Å². The normalized spacial score (nSPS) is 22.2. The van der Waals surface area contributed by atoms with Gasteiger partial charge >= 0.3 is 0 Å². The molecule has 2 amide bonds. The minimum Gasteiger partial charge on any atom is -0.357 e. The maximum Gasteiger partial charge on any atom is 0.245 e. The third-order valence-corrected chi connectivity index (χ3v) is 4.65. The van der Waals surface area contributed by atoms with Gasteiger partial charge in [-0.2, -0.15) is 0 Å². The van der Waals surface area contributed by atoms with Crippen molar-refractivity contribution in [2.75, 3.05) is 13.6 Å². The molecule has 0 radical (unpaired) electrons. The number of aromatic nitrogens is 1. The van der Waals surface area contributed by atoms with Gasteiger partial charge in [-0.05, 0) is 11.6 Å². The topological polar surface area (TPSA) is 56.4 Å². The Morgan fingerprint density at radius 3 is 2.90 bits per heavy atom. The van der Waals surface area contributed by atoms with Crippen LogP contribution >= 0.6 is 0 Å². The smallest absolute Gasteiger partial charge is 0.245 e. The Bertz CT molecular complexity index is 749. The molecule has 0 spiro atoms. The first-order valence-electron chi connectivity index (χ1n) is 7.28. The first-order chi connectivity index (χ1) is 10.1. The van der Waals surface area contributed by atoms with Crippen LogP contribution in [0, 0.1) is 0 Å². The van der Waals surface area contributed by atoms with Crippen LogP contribution in [-0.2, 0) is 22.6 Å². The van der Waals surface area contributed by atoms with Gasteiger partial charge in [0.15, 0.2) is 0 Å². The molecule has 3 heterocycles. The minimum atomic E-state index is -0.350. The van der Waals surface area contributed by atoms with Crippen molar-refractivity contribution < 1.29 is 9.59 Å². The van der Waals surface area contributed by atoms with Crippen molar-refractivity contribution in [1.82, 2.24) is 14.8 Å². The maximum atomic E-state index is 12.5. The highest BCUT2D eigenvalue weighted by Crippen LogP contribution is 2.31. The van der Waals surface area contributed by atoms with E-state index in [9.17, 15) is 9.59 Å². The highest BCUT2D eigenvalue weighted by molar-refractivity contribution is 5.93. The number of carbonyl (C=O) groups excluding carboxylic acids is 2. The summed E-state index contributed by atoms with van der Waals surface area (Å²) in [5.41, 5.74) is 3.33. The van der Waals surface area contributed by atoms with E-state index < -0.39 is 0 Å². The van der Waals surface area contributed by atoms with E-state index in [1.807, 2.05) is 18.2 Å². The average Bonchev–Trinajstić information content (AvgIpc) is 2.83. The molecule has 4 rings (SSSR count). The second kappa shape index (κ2) is 4.35. The largest absolute Gasteiger partial charge is 0.357 e. The molecule has 21 heavy (non-hydrogen) atoms. The molecule has 1 aromatic heterocycles. The van der Waals surface area contributed by atoms with Gasteiger partial charge in [0.1, 0.15) is 6.04 Å². The molecule has 0 bridgehead atoms. The van der Waals surface area contributed by atoms with E-state index in [2.05, 4.69) is 11.1 Å². The van der Waals surface area contributed by atoms with Gasteiger partial charge in [-0.3, -0.25) is 9.59 Å². The number of hydrogen-bond donors (Lipinski definition) is 1. The van der Waals surface area contributed by atoms with E-state index in [4.69, 9.17) is 0 Å². The van der Waals surface area contributed by atoms with Crippen molar-refractivity contribution >= 4 is 22.7 Å². The lowest BCUT2D eigenvalue weighted by Crippen LogP contribution is -2.49. The van der Waals surface area contributed by atoms with E-state index in [0.29, 0.717) is 25.9 Å². The van der Waals surface area contributed by atoms with Crippen LogP contribution in [0.4, 0.5) is 0 Å². The number of fused-ring (bicyclic) bond motifs is 4. The van der Waals surface area contributed by atoms with Crippen molar-refractivity contribution in [3.05, 3.63) is 35.5 Å². The zero-order valence-electron chi connectivity index (χ0n) is 11.9. The fraction of sp³-hybridized carbons (Fsp3) is 0.375. The maximum absolute atomic E-state index is 12.5. The number of carbonyl (C=O) groups is 2. The van der Waals surface area contributed by atoms with Crippen LogP contribution in [0.5, 0.6) is 0 Å². The van der Waals surface area contributed by atoms with Crippen molar-refractivity contribution in [1.29, 1.82) is 0 Å². The Balaban J connectivity index is 1.83. The Morgan fingerprint density at radius 2 is 2.05 bits per heavy atom. The first kappa shape index (κ1) is 12.4. The summed E-state index contributed by atoms with van der Waals surface area (Å²) in [4.78, 5) is 31.6. The molecule has 1 fully saturated rings. The lowest BCUT2D eigenvalue weighted by molar-refractivity contribution is -0.141. The van der Waals surface area contributed by atoms with Crippen molar-refractivity contribution in [3.8, 4) is 0 Å². The highest BCUT2D eigenvalue weighted by Gasteiger charge is 2.39. The Labute approximate surface area is 122 Å². The molecule has 2 aromatic rings. The van der Waals surface area contributed by atoms with E-state index in [-0.39, 0.29) is 17.9 Å². The zero-order valence-corrected chi connectivity index (χ0v) is 11.9. The van der Waals surface area contributed by atoms with Crippen LogP contribution in [0.3, 0.4) is 0 Å². The molecular formula is C16H17N3O2. The van der Waals surface area contributed by atoms with Crippen LogP contribution in [0.25, 0.3) is 10.9 Å². The number of likely N-dealkylation sites (N-methyl/N-ethyl adjacent to an activating group) is 1. The van der Waals surface area contributed by atoms with Gasteiger partial charge in [0.2, 0.25) is 11.8 Å². The summed E-state index contributed by atoms with van der Waals surface area (Å²) >= 11 is 0. The molecule has 2 aliphatic heterocycles. The number of nitrogens with one attached hydrogen (secondary N) is 1. The van der Waals surface area contributed by atoms with E-state index in [1.165, 1.54) is 10.9 Å². The average molecular weight is 283 g/mol. The van der Waals surface area contributed by atoms with Crippen LogP contribution in [0.2, 0.25) is 0 Å². The number of aromatic amines is 1. The van der Waals surface area contributed by atoms with Crippen LogP contribution in [-0.4, -0.2) is 46.2 Å². The predicted octanol–water partition coefficient (Wildman–Crippen LogP) is 1.28. The summed E-state index contributed by atoms with van der Waals surface area (Å²) < 4.78 is 0. The Hall–Kier alpha value is -2.30. The first-order valence-corrected chi connectivity index (χ1v) is 7.28. The summed E-state index contributed by atoms with van der Waals surface area (Å²) in [6.07, 6.45) is 1.02. The summed E-state index contributed by atoms with van der Waals surface area (Å²) in [6.45, 7) is 1.02. The summed E-state index contributed by atoms with van der Waals surface area (Å²) in [6, 6.07) is 7.76. The number of hydrogen-bond acceptors (Lipinski definition) is 2. The molecule has 0 unspecified atom stereocenters. The molecule has 5 nitrogen and oxygen atoms in total. The van der Waals surface area contributed by atoms with Gasteiger partial charge in [0.25, 0.3) is 0 Å². The van der Waals surface area contributed by atoms with Crippen LogP contribution in [0.15, 0.2) is 24.3 Å². The molecule has 5 heteroatoms. The molecule has 2 aliphatic rings. The van der Waals surface area contributed by atoms with Gasteiger partial charge in [0.05, 0.1) is 6.54 Å². The Kier molecular flexibility index (Phi) is 2.58. The standard InChI is InChI=1S/C16H17N3O2/c1-18-7-6-15(20)19-9-13-11(8-14(19)16(18)21)10-4-2-3-5-12(10)17-13/h2-5,14,17H,6-9H2,1H3/t14-/m0/s1. The fourth-order valence-electron chi connectivity index (χ4n) is 3.46. The van der Waals surface area contributed by atoms with Gasteiger partial charge in [-0.1, -0.05) is 18.2 Å². The quantitative estimate of drug-likeness (QED) is 0.792. The van der Waals surface area contributed by atoms with Crippen molar-refractivity contribution in [2.24, 2.45) is 0 Å². The number of benzene rings is 1. The lowest BCUT2D eigenvalue weighted by atomic mass is 9.96. The number of nitrogens with zero attached hydrogens (tertiary/aromatic N) is 2. The molecule has 0 saturated carbocycles. The number of para-hydroxylation sites is 1. The van der Waals surface area contributed by atoms with E-state index in [0.717, 1.165) is 11.2 Å². The molecular weight excluding hydrogens is 266 g/mol.